The maximum absolute atomic E-state index is 9.76. The molecule has 2 heterocycles. The first-order valence-corrected chi connectivity index (χ1v) is 6.18. The van der Waals surface area contributed by atoms with Crippen LogP contribution in [-0.2, 0) is 13.1 Å². The molecule has 98 valence electrons. The molecule has 6 nitrogen and oxygen atoms in total. The average molecular weight is 249 g/mol. The number of aromatic nitrogens is 4. The maximum Gasteiger partial charge on any atom is 0.0860 e. The fourth-order valence-corrected chi connectivity index (χ4v) is 1.76. The minimum Gasteiger partial charge on any atom is -0.390 e. The third-order valence-corrected chi connectivity index (χ3v) is 2.64. The van der Waals surface area contributed by atoms with Crippen molar-refractivity contribution >= 4 is 0 Å². The van der Waals surface area contributed by atoms with Crippen LogP contribution in [-0.4, -0.2) is 43.9 Å². The molecule has 0 saturated heterocycles. The Labute approximate surface area is 106 Å². The van der Waals surface area contributed by atoms with E-state index in [2.05, 4.69) is 15.5 Å². The molecular weight excluding hydrogens is 230 g/mol. The van der Waals surface area contributed by atoms with E-state index in [1.165, 1.54) is 0 Å². The number of nitrogens with one attached hydrogen (secondary N) is 1. The fourth-order valence-electron chi connectivity index (χ4n) is 1.76. The van der Waals surface area contributed by atoms with Crippen LogP contribution in [0.2, 0.25) is 0 Å². The van der Waals surface area contributed by atoms with Gasteiger partial charge >= 0.3 is 0 Å². The summed E-state index contributed by atoms with van der Waals surface area (Å²) in [7, 11) is 0. The van der Waals surface area contributed by atoms with Crippen LogP contribution in [0, 0.1) is 0 Å². The van der Waals surface area contributed by atoms with Gasteiger partial charge in [-0.2, -0.15) is 10.2 Å². The highest BCUT2D eigenvalue weighted by molar-refractivity contribution is 4.79. The third-order valence-electron chi connectivity index (χ3n) is 2.64. The summed E-state index contributed by atoms with van der Waals surface area (Å²) in [6.07, 6.45) is 7.88. The molecule has 2 rings (SSSR count). The van der Waals surface area contributed by atoms with Gasteiger partial charge in [-0.1, -0.05) is 0 Å². The molecule has 0 bridgehead atoms. The average Bonchev–Trinajstić information content (AvgIpc) is 3.01. The predicted octanol–water partition coefficient (Wildman–Crippen LogP) is 0.120. The molecule has 1 atom stereocenters. The Hall–Kier alpha value is -1.66. The van der Waals surface area contributed by atoms with Crippen LogP contribution in [0.15, 0.2) is 36.9 Å². The number of aryl methyl sites for hydroxylation is 1. The Balaban J connectivity index is 1.52. The lowest BCUT2D eigenvalue weighted by Gasteiger charge is -2.11. The van der Waals surface area contributed by atoms with E-state index in [9.17, 15) is 5.11 Å². The summed E-state index contributed by atoms with van der Waals surface area (Å²) in [6.45, 7) is 2.88. The fraction of sp³-hybridized carbons (Fsp3) is 0.500. The molecule has 2 aromatic heterocycles. The van der Waals surface area contributed by atoms with E-state index in [0.29, 0.717) is 13.1 Å². The monoisotopic (exact) mass is 249 g/mol. The van der Waals surface area contributed by atoms with Crippen LogP contribution in [0.5, 0.6) is 0 Å². The lowest BCUT2D eigenvalue weighted by molar-refractivity contribution is 0.147. The van der Waals surface area contributed by atoms with E-state index >= 15 is 0 Å². The maximum atomic E-state index is 9.76. The van der Waals surface area contributed by atoms with Crippen LogP contribution < -0.4 is 5.32 Å². The van der Waals surface area contributed by atoms with Crippen molar-refractivity contribution in [3.63, 3.8) is 0 Å². The van der Waals surface area contributed by atoms with Crippen molar-refractivity contribution < 1.29 is 5.11 Å². The Morgan fingerprint density at radius 1 is 1.11 bits per heavy atom. The number of rotatable bonds is 8. The Bertz CT molecular complexity index is 412. The second kappa shape index (κ2) is 6.93. The van der Waals surface area contributed by atoms with E-state index in [-0.39, 0.29) is 0 Å². The van der Waals surface area contributed by atoms with Crippen LogP contribution >= 0.6 is 0 Å². The molecule has 6 heteroatoms. The summed E-state index contributed by atoms with van der Waals surface area (Å²) in [5.74, 6) is 0. The first-order valence-electron chi connectivity index (χ1n) is 6.18. The zero-order valence-corrected chi connectivity index (χ0v) is 10.3. The highest BCUT2D eigenvalue weighted by atomic mass is 16.3. The standard InChI is InChI=1S/C12H19N5O/c18-12(11-17-9-3-6-15-17)10-13-4-1-7-16-8-2-5-14-16/h2-3,5-6,8-9,12-13,18H,1,4,7,10-11H2. The third kappa shape index (κ3) is 4.31. The lowest BCUT2D eigenvalue weighted by atomic mass is 10.3. The summed E-state index contributed by atoms with van der Waals surface area (Å²) in [5, 5.41) is 21.2. The van der Waals surface area contributed by atoms with Crippen molar-refractivity contribution in [3.8, 4) is 0 Å². The van der Waals surface area contributed by atoms with Crippen molar-refractivity contribution in [3.05, 3.63) is 36.9 Å². The van der Waals surface area contributed by atoms with Crippen molar-refractivity contribution in [2.45, 2.75) is 25.6 Å². The molecular formula is C12H19N5O. The van der Waals surface area contributed by atoms with Crippen molar-refractivity contribution in [2.24, 2.45) is 0 Å². The Morgan fingerprint density at radius 3 is 2.50 bits per heavy atom. The molecule has 2 N–H and O–H groups in total. The number of hydrogen-bond donors (Lipinski definition) is 2. The van der Waals surface area contributed by atoms with Gasteiger partial charge in [-0.05, 0) is 25.1 Å². The second-order valence-electron chi connectivity index (χ2n) is 4.21. The van der Waals surface area contributed by atoms with Gasteiger partial charge in [0.25, 0.3) is 0 Å². The largest absolute Gasteiger partial charge is 0.390 e. The van der Waals surface area contributed by atoms with Crippen LogP contribution in [0.4, 0.5) is 0 Å². The van der Waals surface area contributed by atoms with Gasteiger partial charge < -0.3 is 10.4 Å². The van der Waals surface area contributed by atoms with Crippen molar-refractivity contribution in [2.75, 3.05) is 13.1 Å². The van der Waals surface area contributed by atoms with Gasteiger partial charge in [0.2, 0.25) is 0 Å². The minimum atomic E-state index is -0.408. The first-order chi connectivity index (χ1) is 8.84. The molecule has 0 saturated carbocycles. The minimum absolute atomic E-state index is 0.408. The molecule has 2 aromatic rings. The van der Waals surface area contributed by atoms with E-state index in [1.54, 1.807) is 17.1 Å². The molecule has 0 spiro atoms. The molecule has 0 fully saturated rings. The van der Waals surface area contributed by atoms with Gasteiger partial charge in [-0.25, -0.2) is 0 Å². The first kappa shape index (κ1) is 12.8. The highest BCUT2D eigenvalue weighted by Crippen LogP contribution is 1.91. The molecule has 0 aromatic carbocycles. The topological polar surface area (TPSA) is 67.9 Å². The van der Waals surface area contributed by atoms with Gasteiger partial charge in [-0.15, -0.1) is 0 Å². The van der Waals surface area contributed by atoms with Crippen molar-refractivity contribution in [1.82, 2.24) is 24.9 Å². The quantitative estimate of drug-likeness (QED) is 0.652. The molecule has 0 radical (unpaired) electrons. The van der Waals surface area contributed by atoms with E-state index < -0.39 is 6.10 Å². The second-order valence-corrected chi connectivity index (χ2v) is 4.21. The van der Waals surface area contributed by atoms with Crippen LogP contribution in [0.3, 0.4) is 0 Å². The molecule has 0 aliphatic rings. The van der Waals surface area contributed by atoms with Gasteiger partial charge in [0.1, 0.15) is 0 Å². The summed E-state index contributed by atoms with van der Waals surface area (Å²) in [6, 6.07) is 3.77. The Kier molecular flexibility index (Phi) is 4.92. The summed E-state index contributed by atoms with van der Waals surface area (Å²) in [4.78, 5) is 0. The zero-order chi connectivity index (χ0) is 12.6. The normalized spacial score (nSPS) is 12.7. The number of aliphatic hydroxyl groups excluding tert-OH is 1. The number of aliphatic hydroxyl groups is 1. The van der Waals surface area contributed by atoms with Gasteiger partial charge in [-0.3, -0.25) is 9.36 Å². The SMILES string of the molecule is OC(CNCCCn1cccn1)Cn1cccn1. The summed E-state index contributed by atoms with van der Waals surface area (Å²) >= 11 is 0. The zero-order valence-electron chi connectivity index (χ0n) is 10.3. The predicted molar refractivity (Wildman–Crippen MR) is 67.9 cm³/mol. The Morgan fingerprint density at radius 2 is 1.83 bits per heavy atom. The van der Waals surface area contributed by atoms with E-state index in [4.69, 9.17) is 0 Å². The highest BCUT2D eigenvalue weighted by Gasteiger charge is 2.04. The van der Waals surface area contributed by atoms with E-state index in [0.717, 1.165) is 19.5 Å². The van der Waals surface area contributed by atoms with Crippen molar-refractivity contribution in [1.29, 1.82) is 0 Å². The van der Waals surface area contributed by atoms with Crippen LogP contribution in [0.1, 0.15) is 6.42 Å². The van der Waals surface area contributed by atoms with Crippen LogP contribution in [0.25, 0.3) is 0 Å². The molecule has 1 unspecified atom stereocenters. The smallest absolute Gasteiger partial charge is 0.0860 e. The molecule has 0 aliphatic carbocycles. The molecule has 0 amide bonds. The van der Waals surface area contributed by atoms with E-state index in [1.807, 2.05) is 29.2 Å². The lowest BCUT2D eigenvalue weighted by Crippen LogP contribution is -2.31. The molecule has 18 heavy (non-hydrogen) atoms. The number of nitrogens with zero attached hydrogens (tertiary/aromatic N) is 4. The molecule has 0 aliphatic heterocycles. The van der Waals surface area contributed by atoms with Gasteiger partial charge in [0.15, 0.2) is 0 Å². The van der Waals surface area contributed by atoms with Gasteiger partial charge in [0.05, 0.1) is 12.6 Å². The van der Waals surface area contributed by atoms with Gasteiger partial charge in [0, 0.05) is 37.9 Å². The summed E-state index contributed by atoms with van der Waals surface area (Å²) < 4.78 is 3.64. The summed E-state index contributed by atoms with van der Waals surface area (Å²) in [5.41, 5.74) is 0. The number of hydrogen-bond acceptors (Lipinski definition) is 4.